The van der Waals surface area contributed by atoms with Crippen LogP contribution >= 0.6 is 0 Å². The van der Waals surface area contributed by atoms with Crippen LogP contribution in [0.2, 0.25) is 0 Å². The maximum Gasteiger partial charge on any atom is 0.226 e. The molecule has 2 aliphatic rings. The number of pyridine rings is 1. The summed E-state index contributed by atoms with van der Waals surface area (Å²) < 4.78 is 5.32. The lowest BCUT2D eigenvalue weighted by Gasteiger charge is -2.25. The largest absolute Gasteiger partial charge is 0.381 e. The molecule has 0 aliphatic carbocycles. The van der Waals surface area contributed by atoms with Crippen molar-refractivity contribution in [2.24, 2.45) is 11.8 Å². The van der Waals surface area contributed by atoms with Crippen LogP contribution in [0.5, 0.6) is 0 Å². The molecule has 3 heterocycles. The second-order valence-corrected chi connectivity index (χ2v) is 6.77. The van der Waals surface area contributed by atoms with Crippen LogP contribution < -0.4 is 10.6 Å². The van der Waals surface area contributed by atoms with Gasteiger partial charge in [0.15, 0.2) is 0 Å². The molecule has 0 saturated carbocycles. The number of nitrogens with one attached hydrogen (secondary N) is 2. The molecule has 25 heavy (non-hydrogen) atoms. The van der Waals surface area contributed by atoms with Gasteiger partial charge in [-0.1, -0.05) is 0 Å². The van der Waals surface area contributed by atoms with Crippen LogP contribution in [0.3, 0.4) is 0 Å². The predicted octanol–water partition coefficient (Wildman–Crippen LogP) is 0.171. The van der Waals surface area contributed by atoms with Crippen LogP contribution in [0, 0.1) is 11.8 Å². The average molecular weight is 346 g/mol. The molecule has 2 amide bonds. The first-order chi connectivity index (χ1) is 12.2. The number of likely N-dealkylation sites (tertiary alicyclic amines) is 1. The zero-order valence-corrected chi connectivity index (χ0v) is 14.6. The maximum absolute atomic E-state index is 12.6. The standard InChI is InChI=1S/C18H26N4O3/c1-19-18(24)15-11-22(10-13-2-6-20-7-3-13)12-16(15)21-17(23)14-4-8-25-9-5-14/h2-3,6-7,14-16H,4-5,8-12H2,1H3,(H,19,24)(H,21,23)/t15-,16-/m0/s1. The Morgan fingerprint density at radius 2 is 1.92 bits per heavy atom. The number of nitrogens with zero attached hydrogens (tertiary/aromatic N) is 2. The fourth-order valence-electron chi connectivity index (χ4n) is 3.62. The Balaban J connectivity index is 1.63. The Hall–Kier alpha value is -1.99. The summed E-state index contributed by atoms with van der Waals surface area (Å²) in [5, 5.41) is 5.85. The van der Waals surface area contributed by atoms with E-state index in [1.807, 2.05) is 12.1 Å². The molecule has 1 aromatic heterocycles. The molecule has 2 fully saturated rings. The van der Waals surface area contributed by atoms with E-state index in [4.69, 9.17) is 4.74 Å². The van der Waals surface area contributed by atoms with Crippen molar-refractivity contribution in [3.8, 4) is 0 Å². The van der Waals surface area contributed by atoms with E-state index < -0.39 is 0 Å². The molecule has 0 radical (unpaired) electrons. The average Bonchev–Trinajstić information content (AvgIpc) is 3.04. The second-order valence-electron chi connectivity index (χ2n) is 6.77. The normalized spacial score (nSPS) is 24.8. The Kier molecular flexibility index (Phi) is 5.99. The summed E-state index contributed by atoms with van der Waals surface area (Å²) in [4.78, 5) is 31.1. The Labute approximate surface area is 148 Å². The lowest BCUT2D eigenvalue weighted by Crippen LogP contribution is -2.48. The smallest absolute Gasteiger partial charge is 0.226 e. The lowest BCUT2D eigenvalue weighted by atomic mass is 9.97. The summed E-state index contributed by atoms with van der Waals surface area (Å²) in [6.45, 7) is 3.33. The summed E-state index contributed by atoms with van der Waals surface area (Å²) in [7, 11) is 1.64. The molecule has 2 N–H and O–H groups in total. The minimum Gasteiger partial charge on any atom is -0.381 e. The molecule has 1 aromatic rings. The van der Waals surface area contributed by atoms with E-state index in [2.05, 4.69) is 20.5 Å². The van der Waals surface area contributed by atoms with Gasteiger partial charge in [-0.25, -0.2) is 0 Å². The van der Waals surface area contributed by atoms with Crippen LogP contribution in [-0.4, -0.2) is 61.1 Å². The highest BCUT2D eigenvalue weighted by atomic mass is 16.5. The fourth-order valence-corrected chi connectivity index (χ4v) is 3.62. The molecule has 2 atom stereocenters. The number of aromatic nitrogens is 1. The van der Waals surface area contributed by atoms with Crippen molar-refractivity contribution in [2.75, 3.05) is 33.4 Å². The van der Waals surface area contributed by atoms with Crippen LogP contribution in [-0.2, 0) is 20.9 Å². The van der Waals surface area contributed by atoms with E-state index in [0.717, 1.165) is 24.9 Å². The number of hydrogen-bond donors (Lipinski definition) is 2. The molecule has 0 spiro atoms. The molecule has 0 bridgehead atoms. The monoisotopic (exact) mass is 346 g/mol. The first-order valence-corrected chi connectivity index (χ1v) is 8.88. The van der Waals surface area contributed by atoms with Gasteiger partial charge < -0.3 is 15.4 Å². The highest BCUT2D eigenvalue weighted by Crippen LogP contribution is 2.22. The van der Waals surface area contributed by atoms with E-state index in [0.29, 0.717) is 26.3 Å². The van der Waals surface area contributed by atoms with Gasteiger partial charge in [-0.15, -0.1) is 0 Å². The van der Waals surface area contributed by atoms with Gasteiger partial charge in [-0.05, 0) is 30.5 Å². The zero-order valence-electron chi connectivity index (χ0n) is 14.6. The molecule has 2 saturated heterocycles. The number of rotatable bonds is 5. The highest BCUT2D eigenvalue weighted by molar-refractivity contribution is 5.83. The van der Waals surface area contributed by atoms with Gasteiger partial charge in [0, 0.05) is 58.2 Å². The van der Waals surface area contributed by atoms with Crippen molar-refractivity contribution in [2.45, 2.75) is 25.4 Å². The van der Waals surface area contributed by atoms with E-state index in [9.17, 15) is 9.59 Å². The molecule has 0 unspecified atom stereocenters. The fraction of sp³-hybridized carbons (Fsp3) is 0.611. The molecular weight excluding hydrogens is 320 g/mol. The quantitative estimate of drug-likeness (QED) is 0.794. The molecule has 7 heteroatoms. The number of hydrogen-bond acceptors (Lipinski definition) is 5. The van der Waals surface area contributed by atoms with E-state index >= 15 is 0 Å². The van der Waals surface area contributed by atoms with Crippen molar-refractivity contribution < 1.29 is 14.3 Å². The van der Waals surface area contributed by atoms with Gasteiger partial charge in [0.25, 0.3) is 0 Å². The van der Waals surface area contributed by atoms with Gasteiger partial charge in [-0.2, -0.15) is 0 Å². The topological polar surface area (TPSA) is 83.6 Å². The molecule has 0 aromatic carbocycles. The second kappa shape index (κ2) is 8.40. The first kappa shape index (κ1) is 17.8. The summed E-state index contributed by atoms with van der Waals surface area (Å²) >= 11 is 0. The lowest BCUT2D eigenvalue weighted by molar-refractivity contribution is -0.129. The number of amides is 2. The van der Waals surface area contributed by atoms with Gasteiger partial charge in [-0.3, -0.25) is 19.5 Å². The van der Waals surface area contributed by atoms with Crippen molar-refractivity contribution in [3.63, 3.8) is 0 Å². The SMILES string of the molecule is CNC(=O)[C@H]1CN(Cc2ccncc2)C[C@@H]1NC(=O)C1CCOCC1. The Morgan fingerprint density at radius 3 is 2.60 bits per heavy atom. The van der Waals surface area contributed by atoms with Crippen LogP contribution in [0.15, 0.2) is 24.5 Å². The van der Waals surface area contributed by atoms with Crippen LogP contribution in [0.25, 0.3) is 0 Å². The first-order valence-electron chi connectivity index (χ1n) is 8.88. The van der Waals surface area contributed by atoms with Gasteiger partial charge in [0.1, 0.15) is 0 Å². The van der Waals surface area contributed by atoms with E-state index in [-0.39, 0.29) is 29.7 Å². The Bertz CT molecular complexity index is 589. The number of ether oxygens (including phenoxy) is 1. The predicted molar refractivity (Wildman–Crippen MR) is 92.5 cm³/mol. The third kappa shape index (κ3) is 4.55. The van der Waals surface area contributed by atoms with Crippen molar-refractivity contribution in [1.82, 2.24) is 20.5 Å². The van der Waals surface area contributed by atoms with Crippen LogP contribution in [0.1, 0.15) is 18.4 Å². The number of carbonyl (C=O) groups is 2. The van der Waals surface area contributed by atoms with Gasteiger partial charge in [0.05, 0.1) is 12.0 Å². The molecule has 3 rings (SSSR count). The van der Waals surface area contributed by atoms with Gasteiger partial charge in [0.2, 0.25) is 11.8 Å². The van der Waals surface area contributed by atoms with Crippen molar-refractivity contribution >= 4 is 11.8 Å². The molecule has 7 nitrogen and oxygen atoms in total. The third-order valence-electron chi connectivity index (χ3n) is 5.05. The maximum atomic E-state index is 12.6. The van der Waals surface area contributed by atoms with E-state index in [1.165, 1.54) is 0 Å². The Morgan fingerprint density at radius 1 is 1.20 bits per heavy atom. The minimum atomic E-state index is -0.226. The van der Waals surface area contributed by atoms with Crippen LogP contribution in [0.4, 0.5) is 0 Å². The van der Waals surface area contributed by atoms with E-state index in [1.54, 1.807) is 19.4 Å². The van der Waals surface area contributed by atoms with Crippen molar-refractivity contribution in [3.05, 3.63) is 30.1 Å². The highest BCUT2D eigenvalue weighted by Gasteiger charge is 2.39. The minimum absolute atomic E-state index is 0.00617. The molecular formula is C18H26N4O3. The third-order valence-corrected chi connectivity index (χ3v) is 5.05. The summed E-state index contributed by atoms with van der Waals surface area (Å²) in [5.74, 6) is -0.202. The molecule has 136 valence electrons. The summed E-state index contributed by atoms with van der Waals surface area (Å²) in [6, 6.07) is 3.79. The summed E-state index contributed by atoms with van der Waals surface area (Å²) in [5.41, 5.74) is 1.15. The molecule has 2 aliphatic heterocycles. The number of carbonyl (C=O) groups excluding carboxylic acids is 2. The summed E-state index contributed by atoms with van der Waals surface area (Å²) in [6.07, 6.45) is 5.05. The zero-order chi connectivity index (χ0) is 17.6. The van der Waals surface area contributed by atoms with Gasteiger partial charge >= 0.3 is 0 Å². The van der Waals surface area contributed by atoms with Crippen molar-refractivity contribution in [1.29, 1.82) is 0 Å².